The highest BCUT2D eigenvalue weighted by Crippen LogP contribution is 2.50. The molecule has 6 nitrogen and oxygen atoms in total. The van der Waals surface area contributed by atoms with Gasteiger partial charge in [-0.25, -0.2) is 4.79 Å². The molecule has 2 aromatic carbocycles. The zero-order valence-electron chi connectivity index (χ0n) is 14.2. The zero-order valence-corrected chi connectivity index (χ0v) is 14.2. The molecule has 0 amide bonds. The highest BCUT2D eigenvalue weighted by atomic mass is 16.6. The second-order valence-corrected chi connectivity index (χ2v) is 6.59. The van der Waals surface area contributed by atoms with Crippen LogP contribution in [0.2, 0.25) is 0 Å². The third-order valence-electron chi connectivity index (χ3n) is 5.24. The smallest absolute Gasteiger partial charge is 0.339 e. The predicted octanol–water partition coefficient (Wildman–Crippen LogP) is 4.21. The molecule has 26 heavy (non-hydrogen) atoms. The number of rotatable bonds is 3. The number of nitrogens with one attached hydrogen (secondary N) is 1. The summed E-state index contributed by atoms with van der Waals surface area (Å²) < 4.78 is 4.92. The van der Waals surface area contributed by atoms with Crippen molar-refractivity contribution in [2.45, 2.75) is 18.4 Å². The van der Waals surface area contributed by atoms with Crippen molar-refractivity contribution >= 4 is 17.3 Å². The zero-order chi connectivity index (χ0) is 18.3. The van der Waals surface area contributed by atoms with E-state index in [0.29, 0.717) is 5.56 Å². The maximum Gasteiger partial charge on any atom is 0.339 e. The molecule has 0 radical (unpaired) electrons. The van der Waals surface area contributed by atoms with Crippen LogP contribution in [0.25, 0.3) is 0 Å². The van der Waals surface area contributed by atoms with E-state index in [1.54, 1.807) is 18.2 Å². The van der Waals surface area contributed by atoms with Crippen LogP contribution in [0.4, 0.5) is 11.4 Å². The number of hydrogen-bond donors (Lipinski definition) is 1. The van der Waals surface area contributed by atoms with Crippen LogP contribution in [0.3, 0.4) is 0 Å². The molecule has 132 valence electrons. The summed E-state index contributed by atoms with van der Waals surface area (Å²) in [6.07, 6.45) is 5.18. The second-order valence-electron chi connectivity index (χ2n) is 6.59. The number of nitrogens with zero attached hydrogens (tertiary/aromatic N) is 1. The van der Waals surface area contributed by atoms with Gasteiger partial charge in [0.05, 0.1) is 29.3 Å². The molecule has 0 fully saturated rings. The van der Waals surface area contributed by atoms with E-state index in [1.165, 1.54) is 13.2 Å². The van der Waals surface area contributed by atoms with Gasteiger partial charge < -0.3 is 10.1 Å². The Bertz CT molecular complexity index is 922. The lowest BCUT2D eigenvalue weighted by Gasteiger charge is -2.38. The number of allylic oxidation sites excluding steroid dienone is 2. The maximum absolute atomic E-state index is 12.2. The van der Waals surface area contributed by atoms with Gasteiger partial charge in [0.25, 0.3) is 5.69 Å². The van der Waals surface area contributed by atoms with Crippen LogP contribution in [-0.2, 0) is 4.74 Å². The average molecular weight is 350 g/mol. The van der Waals surface area contributed by atoms with Gasteiger partial charge >= 0.3 is 5.97 Å². The number of carbonyl (C=O) groups is 1. The van der Waals surface area contributed by atoms with Crippen molar-refractivity contribution in [3.8, 4) is 0 Å². The first kappa shape index (κ1) is 16.3. The lowest BCUT2D eigenvalue weighted by atomic mass is 9.76. The van der Waals surface area contributed by atoms with Crippen molar-refractivity contribution in [2.24, 2.45) is 5.92 Å². The minimum atomic E-state index is -0.396. The van der Waals surface area contributed by atoms with E-state index in [4.69, 9.17) is 4.74 Å². The number of anilines is 1. The van der Waals surface area contributed by atoms with Crippen LogP contribution in [0.1, 0.15) is 39.9 Å². The van der Waals surface area contributed by atoms with Crippen LogP contribution < -0.4 is 5.32 Å². The molecule has 0 saturated carbocycles. The van der Waals surface area contributed by atoms with Crippen molar-refractivity contribution in [1.82, 2.24) is 0 Å². The number of ether oxygens (including phenoxy) is 1. The summed E-state index contributed by atoms with van der Waals surface area (Å²) in [7, 11) is 1.36. The van der Waals surface area contributed by atoms with Gasteiger partial charge in [-0.15, -0.1) is 0 Å². The Labute approximate surface area is 150 Å². The summed E-state index contributed by atoms with van der Waals surface area (Å²) in [6, 6.07) is 12.2. The first-order valence-electron chi connectivity index (χ1n) is 8.49. The first-order valence-corrected chi connectivity index (χ1v) is 8.49. The number of fused-ring (bicyclic) bond motifs is 3. The number of methoxy groups -OCH3 is 1. The highest BCUT2D eigenvalue weighted by molar-refractivity contribution is 5.97. The summed E-state index contributed by atoms with van der Waals surface area (Å²) in [5.74, 6) is 0.0186. The molecule has 0 saturated heterocycles. The van der Waals surface area contributed by atoms with Crippen LogP contribution >= 0.6 is 0 Å². The van der Waals surface area contributed by atoms with Crippen LogP contribution in [0.15, 0.2) is 54.6 Å². The van der Waals surface area contributed by atoms with E-state index in [1.807, 2.05) is 18.2 Å². The number of non-ortho nitro benzene ring substituents is 1. The first-order chi connectivity index (χ1) is 12.6. The molecule has 1 N–H and O–H groups in total. The lowest BCUT2D eigenvalue weighted by Crippen LogP contribution is -2.30. The molecule has 3 atom stereocenters. The van der Waals surface area contributed by atoms with Gasteiger partial charge in [-0.2, -0.15) is 0 Å². The Balaban J connectivity index is 1.82. The predicted molar refractivity (Wildman–Crippen MR) is 97.2 cm³/mol. The Hall–Kier alpha value is -3.15. The average Bonchev–Trinajstić information content (AvgIpc) is 3.16. The molecule has 0 aromatic heterocycles. The molecule has 4 rings (SSSR count). The fourth-order valence-corrected chi connectivity index (χ4v) is 4.06. The number of nitro benzene ring substituents is 1. The summed E-state index contributed by atoms with van der Waals surface area (Å²) in [4.78, 5) is 23.0. The molecule has 1 aliphatic carbocycles. The Morgan fingerprint density at radius 2 is 2.08 bits per heavy atom. The van der Waals surface area contributed by atoms with Gasteiger partial charge in [-0.1, -0.05) is 36.4 Å². The number of carbonyl (C=O) groups excluding carboxylic acids is 1. The van der Waals surface area contributed by atoms with E-state index in [-0.39, 0.29) is 28.5 Å². The van der Waals surface area contributed by atoms with Gasteiger partial charge in [-0.05, 0) is 29.5 Å². The molecule has 2 aromatic rings. The van der Waals surface area contributed by atoms with Crippen molar-refractivity contribution < 1.29 is 14.5 Å². The third kappa shape index (κ3) is 2.54. The molecular weight excluding hydrogens is 332 g/mol. The summed E-state index contributed by atoms with van der Waals surface area (Å²) >= 11 is 0. The lowest BCUT2D eigenvalue weighted by molar-refractivity contribution is -0.384. The molecule has 6 heteroatoms. The van der Waals surface area contributed by atoms with Crippen molar-refractivity contribution in [3.63, 3.8) is 0 Å². The third-order valence-corrected chi connectivity index (χ3v) is 5.24. The van der Waals surface area contributed by atoms with E-state index >= 15 is 0 Å². The SMILES string of the molecule is COC(=O)c1cccc2c1N[C@@H](c1cccc([N+](=O)[O-])c1)[C@H]1CC=C[C@@H]21. The fourth-order valence-electron chi connectivity index (χ4n) is 4.06. The number of hydrogen-bond acceptors (Lipinski definition) is 5. The number of esters is 1. The van der Waals surface area contributed by atoms with Crippen LogP contribution in [0.5, 0.6) is 0 Å². The number of benzene rings is 2. The van der Waals surface area contributed by atoms with Gasteiger partial charge in [0, 0.05) is 18.1 Å². The molecule has 0 unspecified atom stereocenters. The Kier molecular flexibility index (Phi) is 3.95. The molecule has 0 bridgehead atoms. The van der Waals surface area contributed by atoms with Gasteiger partial charge in [0.2, 0.25) is 0 Å². The second kappa shape index (κ2) is 6.29. The summed E-state index contributed by atoms with van der Waals surface area (Å²) in [5.41, 5.74) is 3.22. The number of para-hydroxylation sites is 1. The van der Waals surface area contributed by atoms with Gasteiger partial charge in [-0.3, -0.25) is 10.1 Å². The fraction of sp³-hybridized carbons (Fsp3) is 0.250. The monoisotopic (exact) mass is 350 g/mol. The molecule has 1 heterocycles. The highest BCUT2D eigenvalue weighted by Gasteiger charge is 2.39. The molecular formula is C20H18N2O4. The Morgan fingerprint density at radius 3 is 2.85 bits per heavy atom. The molecule has 2 aliphatic rings. The van der Waals surface area contributed by atoms with Crippen LogP contribution in [0, 0.1) is 16.0 Å². The summed E-state index contributed by atoms with van der Waals surface area (Å²) in [5, 5.41) is 14.6. The van der Waals surface area contributed by atoms with E-state index in [9.17, 15) is 14.9 Å². The topological polar surface area (TPSA) is 81.5 Å². The van der Waals surface area contributed by atoms with Crippen molar-refractivity contribution in [1.29, 1.82) is 0 Å². The van der Waals surface area contributed by atoms with Gasteiger partial charge in [0.15, 0.2) is 0 Å². The quantitative estimate of drug-likeness (QED) is 0.388. The van der Waals surface area contributed by atoms with Crippen molar-refractivity contribution in [2.75, 3.05) is 12.4 Å². The standard InChI is InChI=1S/C20H18N2O4/c1-26-20(23)17-10-4-9-16-14-7-3-8-15(14)18(21-19(16)17)12-5-2-6-13(11-12)22(24)25/h2-7,9-11,14-15,18,21H,8H2,1H3/t14-,15+,18+/m1/s1. The molecule has 0 spiro atoms. The van der Waals surface area contributed by atoms with Gasteiger partial charge in [0.1, 0.15) is 0 Å². The summed E-state index contributed by atoms with van der Waals surface area (Å²) in [6.45, 7) is 0. The van der Waals surface area contributed by atoms with E-state index in [0.717, 1.165) is 23.2 Å². The number of nitro groups is 1. The van der Waals surface area contributed by atoms with E-state index in [2.05, 4.69) is 17.5 Å². The molecule has 1 aliphatic heterocycles. The van der Waals surface area contributed by atoms with Crippen LogP contribution in [-0.4, -0.2) is 18.0 Å². The minimum absolute atomic E-state index is 0.0684. The maximum atomic E-state index is 12.2. The largest absolute Gasteiger partial charge is 0.465 e. The normalized spacial score (nSPS) is 22.9. The van der Waals surface area contributed by atoms with Crippen molar-refractivity contribution in [3.05, 3.63) is 81.4 Å². The minimum Gasteiger partial charge on any atom is -0.465 e. The Morgan fingerprint density at radius 1 is 1.27 bits per heavy atom. The van der Waals surface area contributed by atoms with E-state index < -0.39 is 5.97 Å².